The lowest BCUT2D eigenvalue weighted by atomic mass is 9.88. The molecule has 1 heterocycles. The predicted octanol–water partition coefficient (Wildman–Crippen LogP) is 4.22. The first-order chi connectivity index (χ1) is 15.2. The van der Waals surface area contributed by atoms with Gasteiger partial charge in [0.15, 0.2) is 0 Å². The first-order valence-corrected chi connectivity index (χ1v) is 10.4. The third-order valence-corrected chi connectivity index (χ3v) is 6.07. The highest BCUT2D eigenvalue weighted by Crippen LogP contribution is 2.34. The number of rotatable bonds is 5. The number of urea groups is 1. The van der Waals surface area contributed by atoms with E-state index in [2.05, 4.69) is 10.6 Å². The first kappa shape index (κ1) is 21.6. The second-order valence-corrected chi connectivity index (χ2v) is 8.23. The van der Waals surface area contributed by atoms with Crippen LogP contribution in [0.25, 0.3) is 10.8 Å². The van der Waals surface area contributed by atoms with Crippen LogP contribution < -0.4 is 15.4 Å². The van der Waals surface area contributed by atoms with Crippen LogP contribution in [0.2, 0.25) is 5.02 Å². The standard InChI is InChI=1S/C24H22ClN3O4/c1-14-11-19(20(32-3)12-18(14)25)26-21(29)13-28-22(30)24(2,27-23(28)31)17-10-6-8-15-7-4-5-9-16(15)17/h4-12H,13H2,1-3H3,(H,26,29)(H,27,31). The fourth-order valence-electron chi connectivity index (χ4n) is 3.95. The number of carbonyl (C=O) groups excluding carboxylic acids is 3. The number of benzene rings is 3. The van der Waals surface area contributed by atoms with E-state index < -0.39 is 29.9 Å². The smallest absolute Gasteiger partial charge is 0.325 e. The first-order valence-electron chi connectivity index (χ1n) is 10.0. The van der Waals surface area contributed by atoms with Crippen LogP contribution in [0.3, 0.4) is 0 Å². The van der Waals surface area contributed by atoms with Gasteiger partial charge in [-0.2, -0.15) is 0 Å². The van der Waals surface area contributed by atoms with Gasteiger partial charge in [0.2, 0.25) is 5.91 Å². The second kappa shape index (κ2) is 8.16. The minimum Gasteiger partial charge on any atom is -0.495 e. The second-order valence-electron chi connectivity index (χ2n) is 7.82. The molecule has 3 aromatic carbocycles. The lowest BCUT2D eigenvalue weighted by molar-refractivity contribution is -0.133. The number of imide groups is 1. The molecule has 1 fully saturated rings. The van der Waals surface area contributed by atoms with Crippen molar-refractivity contribution in [3.63, 3.8) is 0 Å². The van der Waals surface area contributed by atoms with E-state index in [1.807, 2.05) is 42.5 Å². The molecule has 0 spiro atoms. The van der Waals surface area contributed by atoms with E-state index in [1.54, 1.807) is 26.0 Å². The maximum absolute atomic E-state index is 13.3. The van der Waals surface area contributed by atoms with E-state index in [0.717, 1.165) is 21.2 Å². The fourth-order valence-corrected chi connectivity index (χ4v) is 4.10. The van der Waals surface area contributed by atoms with Crippen molar-refractivity contribution in [2.24, 2.45) is 0 Å². The molecule has 0 aliphatic carbocycles. The average Bonchev–Trinajstić information content (AvgIpc) is 2.99. The summed E-state index contributed by atoms with van der Waals surface area (Å²) >= 11 is 6.11. The van der Waals surface area contributed by atoms with Gasteiger partial charge < -0.3 is 15.4 Å². The summed E-state index contributed by atoms with van der Waals surface area (Å²) in [7, 11) is 1.46. The van der Waals surface area contributed by atoms with Crippen molar-refractivity contribution >= 4 is 45.9 Å². The topological polar surface area (TPSA) is 87.7 Å². The highest BCUT2D eigenvalue weighted by molar-refractivity contribution is 6.31. The van der Waals surface area contributed by atoms with E-state index in [-0.39, 0.29) is 0 Å². The molecule has 0 radical (unpaired) electrons. The minimum absolute atomic E-state index is 0.381. The Bertz CT molecular complexity index is 1250. The molecule has 164 valence electrons. The monoisotopic (exact) mass is 451 g/mol. The number of nitrogens with one attached hydrogen (secondary N) is 2. The van der Waals surface area contributed by atoms with Gasteiger partial charge >= 0.3 is 6.03 Å². The van der Waals surface area contributed by atoms with Gasteiger partial charge in [0.25, 0.3) is 5.91 Å². The Morgan fingerprint density at radius 2 is 1.88 bits per heavy atom. The molecule has 32 heavy (non-hydrogen) atoms. The van der Waals surface area contributed by atoms with Crippen LogP contribution in [0.5, 0.6) is 5.75 Å². The Morgan fingerprint density at radius 3 is 2.62 bits per heavy atom. The predicted molar refractivity (Wildman–Crippen MR) is 123 cm³/mol. The van der Waals surface area contributed by atoms with Crippen LogP contribution >= 0.6 is 11.6 Å². The zero-order valence-corrected chi connectivity index (χ0v) is 18.6. The van der Waals surface area contributed by atoms with Crippen LogP contribution in [-0.4, -0.2) is 36.4 Å². The molecule has 1 aliphatic rings. The largest absolute Gasteiger partial charge is 0.495 e. The number of methoxy groups -OCH3 is 1. The minimum atomic E-state index is -1.28. The number of hydrogen-bond donors (Lipinski definition) is 2. The molecule has 1 saturated heterocycles. The zero-order chi connectivity index (χ0) is 23.0. The van der Waals surface area contributed by atoms with Gasteiger partial charge in [-0.25, -0.2) is 4.79 Å². The quantitative estimate of drug-likeness (QED) is 0.568. The summed E-state index contributed by atoms with van der Waals surface area (Å²) in [4.78, 5) is 39.6. The zero-order valence-electron chi connectivity index (χ0n) is 17.9. The molecule has 4 rings (SSSR count). The van der Waals surface area contributed by atoms with Gasteiger partial charge in [-0.3, -0.25) is 14.5 Å². The van der Waals surface area contributed by atoms with Crippen LogP contribution in [0.1, 0.15) is 18.1 Å². The molecule has 0 bridgehead atoms. The van der Waals surface area contributed by atoms with Gasteiger partial charge in [0.1, 0.15) is 17.8 Å². The molecule has 1 unspecified atom stereocenters. The third kappa shape index (κ3) is 3.65. The normalized spacial score (nSPS) is 18.1. The Hall–Kier alpha value is -3.58. The van der Waals surface area contributed by atoms with Gasteiger partial charge in [-0.1, -0.05) is 54.1 Å². The molecule has 1 atom stereocenters. The third-order valence-electron chi connectivity index (χ3n) is 5.66. The lowest BCUT2D eigenvalue weighted by Crippen LogP contribution is -2.42. The molecular formula is C24H22ClN3O4. The van der Waals surface area contributed by atoms with Crippen LogP contribution in [0, 0.1) is 6.92 Å². The van der Waals surface area contributed by atoms with Crippen LogP contribution in [0.15, 0.2) is 54.6 Å². The Labute approximate surface area is 190 Å². The number of aryl methyl sites for hydroxylation is 1. The number of halogens is 1. The summed E-state index contributed by atoms with van der Waals surface area (Å²) in [5.41, 5.74) is 0.545. The summed E-state index contributed by atoms with van der Waals surface area (Å²) in [5.74, 6) is -0.643. The van der Waals surface area contributed by atoms with Crippen LogP contribution in [-0.2, 0) is 15.1 Å². The van der Waals surface area contributed by atoms with Crippen molar-refractivity contribution in [2.75, 3.05) is 19.0 Å². The van der Waals surface area contributed by atoms with E-state index in [1.165, 1.54) is 7.11 Å². The Kier molecular flexibility index (Phi) is 5.52. The van der Waals surface area contributed by atoms with E-state index in [4.69, 9.17) is 16.3 Å². The Morgan fingerprint density at radius 1 is 1.16 bits per heavy atom. The van der Waals surface area contributed by atoms with Gasteiger partial charge in [-0.05, 0) is 41.8 Å². The fraction of sp³-hybridized carbons (Fsp3) is 0.208. The Balaban J connectivity index is 1.59. The summed E-state index contributed by atoms with van der Waals surface area (Å²) < 4.78 is 5.27. The van der Waals surface area contributed by atoms with E-state index >= 15 is 0 Å². The van der Waals surface area contributed by atoms with Crippen LogP contribution in [0.4, 0.5) is 10.5 Å². The number of hydrogen-bond acceptors (Lipinski definition) is 4. The highest BCUT2D eigenvalue weighted by atomic mass is 35.5. The molecule has 7 nitrogen and oxygen atoms in total. The van der Waals surface area contributed by atoms with Gasteiger partial charge in [0.05, 0.1) is 12.8 Å². The van der Waals surface area contributed by atoms with Gasteiger partial charge in [0, 0.05) is 11.1 Å². The van der Waals surface area contributed by atoms with Crippen molar-refractivity contribution in [1.82, 2.24) is 10.2 Å². The number of anilines is 1. The summed E-state index contributed by atoms with van der Waals surface area (Å²) in [6, 6.07) is 15.9. The molecule has 8 heteroatoms. The number of fused-ring (bicyclic) bond motifs is 1. The molecule has 0 aromatic heterocycles. The summed E-state index contributed by atoms with van der Waals surface area (Å²) in [6.07, 6.45) is 0. The summed E-state index contributed by atoms with van der Waals surface area (Å²) in [6.45, 7) is 3.01. The lowest BCUT2D eigenvalue weighted by Gasteiger charge is -2.24. The van der Waals surface area contributed by atoms with E-state index in [0.29, 0.717) is 22.0 Å². The van der Waals surface area contributed by atoms with Crippen molar-refractivity contribution < 1.29 is 19.1 Å². The average molecular weight is 452 g/mol. The maximum Gasteiger partial charge on any atom is 0.325 e. The van der Waals surface area contributed by atoms with Crippen molar-refractivity contribution in [1.29, 1.82) is 0 Å². The number of ether oxygens (including phenoxy) is 1. The molecular weight excluding hydrogens is 430 g/mol. The SMILES string of the molecule is COc1cc(Cl)c(C)cc1NC(=O)CN1C(=O)NC(C)(c2cccc3ccccc23)C1=O. The molecule has 0 saturated carbocycles. The van der Waals surface area contributed by atoms with Crippen molar-refractivity contribution in [3.8, 4) is 5.75 Å². The summed E-state index contributed by atoms with van der Waals surface area (Å²) in [5, 5.41) is 7.77. The maximum atomic E-state index is 13.3. The highest BCUT2D eigenvalue weighted by Gasteiger charge is 2.50. The number of amides is 4. The van der Waals surface area contributed by atoms with Crippen molar-refractivity contribution in [3.05, 3.63) is 70.7 Å². The molecule has 2 N–H and O–H groups in total. The van der Waals surface area contributed by atoms with Gasteiger partial charge in [-0.15, -0.1) is 0 Å². The molecule has 4 amide bonds. The number of nitrogens with zero attached hydrogens (tertiary/aromatic N) is 1. The number of carbonyl (C=O) groups is 3. The molecule has 1 aliphatic heterocycles. The molecule has 3 aromatic rings. The van der Waals surface area contributed by atoms with Crippen molar-refractivity contribution in [2.45, 2.75) is 19.4 Å². The van der Waals surface area contributed by atoms with E-state index in [9.17, 15) is 14.4 Å².